The summed E-state index contributed by atoms with van der Waals surface area (Å²) in [5, 5.41) is 4.20. The van der Waals surface area contributed by atoms with Crippen LogP contribution in [0, 0.1) is 0 Å². The molecule has 2 heterocycles. The molecule has 0 unspecified atom stereocenters. The molecule has 5 nitrogen and oxygen atoms in total. The molecule has 0 bridgehead atoms. The van der Waals surface area contributed by atoms with Crippen LogP contribution in [0.15, 0.2) is 24.5 Å². The minimum Gasteiger partial charge on any atom is -0.338 e. The first-order valence-corrected chi connectivity index (χ1v) is 6.74. The highest BCUT2D eigenvalue weighted by Gasteiger charge is 2.11. The number of rotatable bonds is 2. The molecule has 102 valence electrons. The quantitative estimate of drug-likeness (QED) is 0.721. The van der Waals surface area contributed by atoms with Gasteiger partial charge in [-0.3, -0.25) is 0 Å². The first-order chi connectivity index (χ1) is 9.54. The SMILES string of the molecule is Cn1cnc2c(Nc3ccc(Cl)c(Cl)c3)nc(Cl)nc21. The zero-order valence-electron chi connectivity index (χ0n) is 10.2. The Morgan fingerprint density at radius 1 is 1.10 bits per heavy atom. The molecular formula is C12H8Cl3N5. The van der Waals surface area contributed by atoms with Crippen molar-refractivity contribution >= 4 is 57.5 Å². The van der Waals surface area contributed by atoms with E-state index in [2.05, 4.69) is 20.3 Å². The number of fused-ring (bicyclic) bond motifs is 1. The number of nitrogens with one attached hydrogen (secondary N) is 1. The maximum atomic E-state index is 5.98. The summed E-state index contributed by atoms with van der Waals surface area (Å²) in [5.41, 5.74) is 2.01. The zero-order chi connectivity index (χ0) is 14.3. The van der Waals surface area contributed by atoms with Crippen molar-refractivity contribution in [2.45, 2.75) is 0 Å². The molecular weight excluding hydrogens is 321 g/mol. The zero-order valence-corrected chi connectivity index (χ0v) is 12.5. The van der Waals surface area contributed by atoms with Crippen LogP contribution in [0.25, 0.3) is 11.2 Å². The molecule has 0 spiro atoms. The van der Waals surface area contributed by atoms with Crippen molar-refractivity contribution in [2.24, 2.45) is 7.05 Å². The fourth-order valence-electron chi connectivity index (χ4n) is 1.78. The van der Waals surface area contributed by atoms with Gasteiger partial charge >= 0.3 is 0 Å². The number of benzene rings is 1. The van der Waals surface area contributed by atoms with Gasteiger partial charge in [-0.15, -0.1) is 0 Å². The Labute approximate surface area is 129 Å². The second-order valence-electron chi connectivity index (χ2n) is 4.12. The molecule has 1 aromatic carbocycles. The van der Waals surface area contributed by atoms with E-state index in [0.717, 1.165) is 5.69 Å². The average molecular weight is 329 g/mol. The summed E-state index contributed by atoms with van der Waals surface area (Å²) in [6, 6.07) is 5.19. The third-order valence-corrected chi connectivity index (χ3v) is 3.62. The summed E-state index contributed by atoms with van der Waals surface area (Å²) in [4.78, 5) is 12.5. The summed E-state index contributed by atoms with van der Waals surface area (Å²) in [6.07, 6.45) is 1.65. The Morgan fingerprint density at radius 2 is 1.90 bits per heavy atom. The van der Waals surface area contributed by atoms with Gasteiger partial charge in [-0.25, -0.2) is 4.98 Å². The molecule has 0 atom stereocenters. The maximum absolute atomic E-state index is 5.98. The van der Waals surface area contributed by atoms with E-state index in [1.807, 2.05) is 7.05 Å². The van der Waals surface area contributed by atoms with Gasteiger partial charge in [0, 0.05) is 12.7 Å². The molecule has 3 rings (SSSR count). The van der Waals surface area contributed by atoms with Gasteiger partial charge in [-0.1, -0.05) is 23.2 Å². The van der Waals surface area contributed by atoms with Crippen LogP contribution in [0.1, 0.15) is 0 Å². The van der Waals surface area contributed by atoms with Gasteiger partial charge < -0.3 is 9.88 Å². The molecule has 0 aliphatic rings. The molecule has 0 amide bonds. The summed E-state index contributed by atoms with van der Waals surface area (Å²) in [7, 11) is 1.83. The van der Waals surface area contributed by atoms with Crippen molar-refractivity contribution in [3.05, 3.63) is 39.9 Å². The van der Waals surface area contributed by atoms with Gasteiger partial charge in [0.25, 0.3) is 0 Å². The van der Waals surface area contributed by atoms with Crippen molar-refractivity contribution in [1.82, 2.24) is 19.5 Å². The lowest BCUT2D eigenvalue weighted by Crippen LogP contribution is -1.98. The first kappa shape index (κ1) is 13.4. The van der Waals surface area contributed by atoms with Crippen LogP contribution >= 0.6 is 34.8 Å². The van der Waals surface area contributed by atoms with E-state index in [0.29, 0.717) is 27.0 Å². The fourth-order valence-corrected chi connectivity index (χ4v) is 2.24. The lowest BCUT2D eigenvalue weighted by molar-refractivity contribution is 0.928. The molecule has 2 aromatic heterocycles. The third-order valence-electron chi connectivity index (χ3n) is 2.71. The van der Waals surface area contributed by atoms with Crippen molar-refractivity contribution in [2.75, 3.05) is 5.32 Å². The van der Waals surface area contributed by atoms with Gasteiger partial charge in [0.05, 0.1) is 16.4 Å². The topological polar surface area (TPSA) is 55.6 Å². The highest BCUT2D eigenvalue weighted by molar-refractivity contribution is 6.42. The summed E-state index contributed by atoms with van der Waals surface area (Å²) in [6.45, 7) is 0. The van der Waals surface area contributed by atoms with Crippen LogP contribution < -0.4 is 5.32 Å². The molecule has 3 aromatic rings. The van der Waals surface area contributed by atoms with Crippen molar-refractivity contribution < 1.29 is 0 Å². The van der Waals surface area contributed by atoms with Gasteiger partial charge in [-0.05, 0) is 29.8 Å². The van der Waals surface area contributed by atoms with Gasteiger partial charge in [0.15, 0.2) is 17.0 Å². The van der Waals surface area contributed by atoms with Crippen LogP contribution in [0.4, 0.5) is 11.5 Å². The van der Waals surface area contributed by atoms with Crippen LogP contribution in [0.5, 0.6) is 0 Å². The number of anilines is 2. The van der Waals surface area contributed by atoms with Gasteiger partial charge in [-0.2, -0.15) is 9.97 Å². The highest BCUT2D eigenvalue weighted by atomic mass is 35.5. The van der Waals surface area contributed by atoms with Crippen molar-refractivity contribution in [1.29, 1.82) is 0 Å². The predicted octanol–water partition coefficient (Wildman–Crippen LogP) is 4.07. The lowest BCUT2D eigenvalue weighted by atomic mass is 10.3. The molecule has 0 fully saturated rings. The Balaban J connectivity index is 2.08. The van der Waals surface area contributed by atoms with E-state index in [9.17, 15) is 0 Å². The average Bonchev–Trinajstić information content (AvgIpc) is 2.76. The van der Waals surface area contributed by atoms with Crippen molar-refractivity contribution in [3.8, 4) is 0 Å². The molecule has 1 N–H and O–H groups in total. The minimum absolute atomic E-state index is 0.142. The number of halogens is 3. The molecule has 0 saturated carbocycles. The van der Waals surface area contributed by atoms with E-state index < -0.39 is 0 Å². The normalized spacial score (nSPS) is 11.0. The number of hydrogen-bond acceptors (Lipinski definition) is 4. The number of hydrogen-bond donors (Lipinski definition) is 1. The van der Waals surface area contributed by atoms with E-state index in [4.69, 9.17) is 34.8 Å². The second kappa shape index (κ2) is 5.09. The lowest BCUT2D eigenvalue weighted by Gasteiger charge is -2.07. The fraction of sp³-hybridized carbons (Fsp3) is 0.0833. The maximum Gasteiger partial charge on any atom is 0.226 e. The first-order valence-electron chi connectivity index (χ1n) is 5.61. The smallest absolute Gasteiger partial charge is 0.226 e. The standard InChI is InChI=1S/C12H8Cl3N5/c1-20-5-16-9-10(18-12(15)19-11(9)20)17-6-2-3-7(13)8(14)4-6/h2-5H,1H3,(H,17,18,19). The minimum atomic E-state index is 0.142. The Bertz CT molecular complexity index is 799. The summed E-state index contributed by atoms with van der Waals surface area (Å²) < 4.78 is 1.77. The second-order valence-corrected chi connectivity index (χ2v) is 5.28. The Hall–Kier alpha value is -1.56. The Kier molecular flexibility index (Phi) is 3.41. The molecule has 8 heteroatoms. The Morgan fingerprint density at radius 3 is 2.65 bits per heavy atom. The molecule has 0 aliphatic heterocycles. The predicted molar refractivity (Wildman–Crippen MR) is 81.1 cm³/mol. The van der Waals surface area contributed by atoms with Gasteiger partial charge in [0.1, 0.15) is 0 Å². The molecule has 20 heavy (non-hydrogen) atoms. The monoisotopic (exact) mass is 327 g/mol. The largest absolute Gasteiger partial charge is 0.338 e. The van der Waals surface area contributed by atoms with Crippen LogP contribution in [-0.4, -0.2) is 19.5 Å². The number of aryl methyl sites for hydroxylation is 1. The van der Waals surface area contributed by atoms with Crippen LogP contribution in [0.2, 0.25) is 15.3 Å². The van der Waals surface area contributed by atoms with E-state index >= 15 is 0 Å². The van der Waals surface area contributed by atoms with Gasteiger partial charge in [0.2, 0.25) is 5.28 Å². The van der Waals surface area contributed by atoms with Crippen LogP contribution in [0.3, 0.4) is 0 Å². The number of imidazole rings is 1. The molecule has 0 radical (unpaired) electrons. The number of nitrogens with zero attached hydrogens (tertiary/aromatic N) is 4. The summed E-state index contributed by atoms with van der Waals surface area (Å²) >= 11 is 17.8. The van der Waals surface area contributed by atoms with Crippen LogP contribution in [-0.2, 0) is 7.05 Å². The number of aromatic nitrogens is 4. The van der Waals surface area contributed by atoms with E-state index in [-0.39, 0.29) is 5.28 Å². The van der Waals surface area contributed by atoms with E-state index in [1.165, 1.54) is 0 Å². The highest BCUT2D eigenvalue weighted by Crippen LogP contribution is 2.28. The third kappa shape index (κ3) is 2.40. The van der Waals surface area contributed by atoms with Crippen molar-refractivity contribution in [3.63, 3.8) is 0 Å². The molecule has 0 saturated heterocycles. The van der Waals surface area contributed by atoms with E-state index in [1.54, 1.807) is 29.1 Å². The molecule has 0 aliphatic carbocycles. The summed E-state index contributed by atoms with van der Waals surface area (Å²) in [5.74, 6) is 0.513.